The largest absolute Gasteiger partial charge is 0.437 e. The second-order valence-corrected chi connectivity index (χ2v) is 9.70. The molecule has 1 aromatic carbocycles. The van der Waals surface area contributed by atoms with Crippen LogP contribution in [0.2, 0.25) is 0 Å². The summed E-state index contributed by atoms with van der Waals surface area (Å²) in [5.74, 6) is -0.270. The summed E-state index contributed by atoms with van der Waals surface area (Å²) in [5.41, 5.74) is -1.02. The zero-order valence-corrected chi connectivity index (χ0v) is 20.3. The van der Waals surface area contributed by atoms with Crippen LogP contribution in [0.15, 0.2) is 30.5 Å². The van der Waals surface area contributed by atoms with Gasteiger partial charge >= 0.3 is 24.0 Å². The Bertz CT molecular complexity index is 1190. The third-order valence-electron chi connectivity index (χ3n) is 7.19. The SMILES string of the molecule is O=C(CN1CCN(C(=O)Nc2ccc(C(F)(F)F)cc2)CC1)N1CCC2(CC1)Cn1cc([N+](=O)[O-])nc1O2. The number of hydrogen-bond donors (Lipinski definition) is 1. The number of carbonyl (C=O) groups is 2. The van der Waals surface area contributed by atoms with Gasteiger partial charge < -0.3 is 30.0 Å². The van der Waals surface area contributed by atoms with Gasteiger partial charge in [0.1, 0.15) is 11.8 Å². The van der Waals surface area contributed by atoms with E-state index in [-0.39, 0.29) is 30.0 Å². The van der Waals surface area contributed by atoms with E-state index < -0.39 is 28.3 Å². The number of amides is 3. The lowest BCUT2D eigenvalue weighted by molar-refractivity contribution is -0.389. The summed E-state index contributed by atoms with van der Waals surface area (Å²) in [7, 11) is 0. The van der Waals surface area contributed by atoms with Crippen molar-refractivity contribution in [1.29, 1.82) is 0 Å². The minimum Gasteiger partial charge on any atom is -0.437 e. The van der Waals surface area contributed by atoms with Crippen molar-refractivity contribution >= 4 is 23.4 Å². The van der Waals surface area contributed by atoms with E-state index >= 15 is 0 Å². The van der Waals surface area contributed by atoms with Crippen molar-refractivity contribution in [2.24, 2.45) is 0 Å². The first-order chi connectivity index (χ1) is 18.0. The van der Waals surface area contributed by atoms with Crippen molar-refractivity contribution < 1.29 is 32.4 Å². The van der Waals surface area contributed by atoms with E-state index in [9.17, 15) is 32.9 Å². The highest BCUT2D eigenvalue weighted by Gasteiger charge is 2.46. The molecule has 3 aliphatic rings. The molecule has 2 aromatic rings. The molecule has 5 rings (SSSR count). The molecule has 0 saturated carbocycles. The quantitative estimate of drug-likeness (QED) is 0.469. The Hall–Kier alpha value is -3.88. The zero-order valence-electron chi connectivity index (χ0n) is 20.3. The molecule has 15 heteroatoms. The number of likely N-dealkylation sites (tertiary alicyclic amines) is 1. The molecule has 12 nitrogen and oxygen atoms in total. The summed E-state index contributed by atoms with van der Waals surface area (Å²) in [4.78, 5) is 44.9. The number of ether oxygens (including phenoxy) is 1. The van der Waals surface area contributed by atoms with Gasteiger partial charge in [-0.2, -0.15) is 13.2 Å². The van der Waals surface area contributed by atoms with Gasteiger partial charge in [-0.3, -0.25) is 14.3 Å². The second-order valence-electron chi connectivity index (χ2n) is 9.70. The van der Waals surface area contributed by atoms with Crippen LogP contribution in [-0.2, 0) is 17.5 Å². The van der Waals surface area contributed by atoms with Crippen molar-refractivity contribution in [2.75, 3.05) is 51.1 Å². The predicted octanol–water partition coefficient (Wildman–Crippen LogP) is 2.41. The van der Waals surface area contributed by atoms with Crippen LogP contribution in [0.3, 0.4) is 0 Å². The number of urea groups is 1. The molecule has 2 saturated heterocycles. The number of nitro groups is 1. The lowest BCUT2D eigenvalue weighted by Gasteiger charge is -2.39. The molecule has 1 N–H and O–H groups in total. The highest BCUT2D eigenvalue weighted by atomic mass is 19.4. The van der Waals surface area contributed by atoms with Gasteiger partial charge in [0, 0.05) is 62.8 Å². The molecule has 2 fully saturated rings. The third kappa shape index (κ3) is 5.37. The summed E-state index contributed by atoms with van der Waals surface area (Å²) in [6.07, 6.45) is -1.89. The van der Waals surface area contributed by atoms with Gasteiger partial charge in [-0.25, -0.2) is 4.79 Å². The summed E-state index contributed by atoms with van der Waals surface area (Å²) >= 11 is 0. The van der Waals surface area contributed by atoms with Gasteiger partial charge in [0.2, 0.25) is 5.91 Å². The van der Waals surface area contributed by atoms with E-state index in [4.69, 9.17) is 4.74 Å². The molecule has 3 amide bonds. The molecule has 204 valence electrons. The first kappa shape index (κ1) is 25.8. The molecule has 1 aromatic heterocycles. The van der Waals surface area contributed by atoms with Crippen LogP contribution in [0.4, 0.5) is 29.5 Å². The molecule has 0 unspecified atom stereocenters. The number of piperidine rings is 1. The van der Waals surface area contributed by atoms with Gasteiger partial charge in [-0.05, 0) is 29.2 Å². The number of fused-ring (bicyclic) bond motifs is 1. The maximum atomic E-state index is 12.9. The van der Waals surface area contributed by atoms with Gasteiger partial charge in [0.05, 0.1) is 18.7 Å². The molecule has 0 bridgehead atoms. The van der Waals surface area contributed by atoms with Crippen LogP contribution in [0.25, 0.3) is 0 Å². The second kappa shape index (κ2) is 9.78. The summed E-state index contributed by atoms with van der Waals surface area (Å²) < 4.78 is 45.7. The van der Waals surface area contributed by atoms with Crippen molar-refractivity contribution in [1.82, 2.24) is 24.3 Å². The van der Waals surface area contributed by atoms with Crippen molar-refractivity contribution in [3.8, 4) is 6.01 Å². The molecule has 38 heavy (non-hydrogen) atoms. The first-order valence-electron chi connectivity index (χ1n) is 12.2. The Morgan fingerprint density at radius 3 is 2.29 bits per heavy atom. The van der Waals surface area contributed by atoms with Crippen LogP contribution in [0.1, 0.15) is 18.4 Å². The number of benzene rings is 1. The molecule has 1 spiro atoms. The maximum Gasteiger partial charge on any atom is 0.416 e. The first-order valence-corrected chi connectivity index (χ1v) is 12.2. The number of nitrogens with zero attached hydrogens (tertiary/aromatic N) is 6. The van der Waals surface area contributed by atoms with Gasteiger partial charge in [-0.1, -0.05) is 0 Å². The Balaban J connectivity index is 1.04. The van der Waals surface area contributed by atoms with Crippen LogP contribution < -0.4 is 10.1 Å². The Morgan fingerprint density at radius 1 is 1.05 bits per heavy atom. The minimum atomic E-state index is -4.44. The number of rotatable bonds is 4. The Labute approximate surface area is 215 Å². The molecule has 3 aliphatic heterocycles. The van der Waals surface area contributed by atoms with Gasteiger partial charge in [-0.15, -0.1) is 0 Å². The number of hydrogen-bond acceptors (Lipinski definition) is 7. The average molecular weight is 537 g/mol. The highest BCUT2D eigenvalue weighted by molar-refractivity contribution is 5.89. The van der Waals surface area contributed by atoms with E-state index in [1.165, 1.54) is 18.3 Å². The summed E-state index contributed by atoms with van der Waals surface area (Å²) in [5, 5.41) is 13.5. The fraction of sp³-hybridized carbons (Fsp3) is 0.522. The van der Waals surface area contributed by atoms with Crippen LogP contribution in [-0.4, -0.2) is 92.5 Å². The molecule has 0 radical (unpaired) electrons. The van der Waals surface area contributed by atoms with Crippen LogP contribution in [0, 0.1) is 10.1 Å². The van der Waals surface area contributed by atoms with Gasteiger partial charge in [0.25, 0.3) is 0 Å². The minimum absolute atomic E-state index is 0.0196. The molecular weight excluding hydrogens is 511 g/mol. The average Bonchev–Trinajstić information content (AvgIpc) is 3.41. The van der Waals surface area contributed by atoms with Crippen molar-refractivity contribution in [3.63, 3.8) is 0 Å². The molecule has 0 atom stereocenters. The number of nitrogens with one attached hydrogen (secondary N) is 1. The van der Waals surface area contributed by atoms with E-state index in [0.29, 0.717) is 58.7 Å². The zero-order chi connectivity index (χ0) is 27.1. The highest BCUT2D eigenvalue weighted by Crippen LogP contribution is 2.37. The lowest BCUT2D eigenvalue weighted by atomic mass is 9.91. The molecule has 4 heterocycles. The molecule has 0 aliphatic carbocycles. The summed E-state index contributed by atoms with van der Waals surface area (Å²) in [6.45, 7) is 3.43. The normalized spacial score (nSPS) is 19.2. The number of halogens is 3. The number of alkyl halides is 3. The van der Waals surface area contributed by atoms with Crippen molar-refractivity contribution in [3.05, 3.63) is 46.1 Å². The van der Waals surface area contributed by atoms with E-state index in [0.717, 1.165) is 12.1 Å². The Morgan fingerprint density at radius 2 is 1.71 bits per heavy atom. The smallest absolute Gasteiger partial charge is 0.416 e. The van der Waals surface area contributed by atoms with E-state index in [1.807, 2.05) is 4.90 Å². The fourth-order valence-corrected chi connectivity index (χ4v) is 4.97. The van der Waals surface area contributed by atoms with Crippen molar-refractivity contribution in [2.45, 2.75) is 31.2 Å². The topological polar surface area (TPSA) is 126 Å². The molecular formula is C23H26F3N7O5. The monoisotopic (exact) mass is 537 g/mol. The van der Waals surface area contributed by atoms with Crippen LogP contribution in [0.5, 0.6) is 6.01 Å². The van der Waals surface area contributed by atoms with Gasteiger partial charge in [0.15, 0.2) is 0 Å². The standard InChI is InChI=1S/C23H26F3N7O5/c24-23(25,26)16-1-3-17(4-2-16)27-20(35)31-11-9-29(10-12-31)14-19(34)30-7-5-22(6-8-30)15-32-13-18(33(36)37)28-21(32)38-22/h1-4,13H,5-12,14-15H2,(H,27,35). The number of aromatic nitrogens is 2. The fourth-order valence-electron chi connectivity index (χ4n) is 4.97. The number of piperazine rings is 1. The summed E-state index contributed by atoms with van der Waals surface area (Å²) in [6, 6.07) is 4.09. The predicted molar refractivity (Wildman–Crippen MR) is 127 cm³/mol. The lowest BCUT2D eigenvalue weighted by Crippen LogP contribution is -2.54. The van der Waals surface area contributed by atoms with E-state index in [1.54, 1.807) is 14.4 Å². The maximum absolute atomic E-state index is 12.9. The number of anilines is 1. The number of imidazole rings is 1. The van der Waals surface area contributed by atoms with Crippen LogP contribution >= 0.6 is 0 Å². The number of carbonyl (C=O) groups excluding carboxylic acids is 2. The van der Waals surface area contributed by atoms with E-state index in [2.05, 4.69) is 10.3 Å². The Kier molecular flexibility index (Phi) is 6.63. The third-order valence-corrected chi connectivity index (χ3v) is 7.19.